The quantitative estimate of drug-likeness (QED) is 0.835. The second-order valence-corrected chi connectivity index (χ2v) is 4.45. The van der Waals surface area contributed by atoms with Crippen LogP contribution < -0.4 is 17.0 Å². The third-order valence-corrected chi connectivity index (χ3v) is 3.32. The molecule has 2 aromatic rings. The first-order chi connectivity index (χ1) is 8.13. The van der Waals surface area contributed by atoms with E-state index in [4.69, 9.17) is 5.73 Å². The number of H-pyrrole nitrogens is 1. The standard InChI is InChI=1S/C10H12N4O2S/c1-2-6(9-12-3-4-17-9)14-7(11)5-8(15)13-10(14)16/h3-6H,2,11H2,1H3,(H,13,15,16). The van der Waals surface area contributed by atoms with E-state index in [1.165, 1.54) is 22.0 Å². The van der Waals surface area contributed by atoms with Crippen LogP contribution in [0.2, 0.25) is 0 Å². The second-order valence-electron chi connectivity index (χ2n) is 3.53. The van der Waals surface area contributed by atoms with Gasteiger partial charge in [0.1, 0.15) is 10.8 Å². The predicted molar refractivity (Wildman–Crippen MR) is 66.3 cm³/mol. The molecule has 0 saturated carbocycles. The number of anilines is 1. The van der Waals surface area contributed by atoms with Crippen molar-refractivity contribution in [1.29, 1.82) is 0 Å². The van der Waals surface area contributed by atoms with Gasteiger partial charge in [-0.1, -0.05) is 6.92 Å². The molecule has 6 nitrogen and oxygen atoms in total. The molecule has 0 aliphatic rings. The Morgan fingerprint density at radius 2 is 2.35 bits per heavy atom. The van der Waals surface area contributed by atoms with Crippen LogP contribution in [0.3, 0.4) is 0 Å². The fourth-order valence-electron chi connectivity index (χ4n) is 1.71. The minimum absolute atomic E-state index is 0.154. The summed E-state index contributed by atoms with van der Waals surface area (Å²) in [6.45, 7) is 1.93. The number of nitrogen functional groups attached to an aromatic ring is 1. The Balaban J connectivity index is 2.60. The van der Waals surface area contributed by atoms with Crippen molar-refractivity contribution in [3.8, 4) is 0 Å². The van der Waals surface area contributed by atoms with Crippen LogP contribution in [0.1, 0.15) is 24.4 Å². The Morgan fingerprint density at radius 1 is 1.59 bits per heavy atom. The molecular formula is C10H12N4O2S. The Kier molecular flexibility index (Phi) is 3.10. The summed E-state index contributed by atoms with van der Waals surface area (Å²) in [5.74, 6) is 0.154. The number of nitrogens with two attached hydrogens (primary N) is 1. The lowest BCUT2D eigenvalue weighted by molar-refractivity contribution is 0.540. The van der Waals surface area contributed by atoms with Gasteiger partial charge in [-0.25, -0.2) is 9.78 Å². The predicted octanol–water partition coefficient (Wildman–Crippen LogP) is 0.575. The van der Waals surface area contributed by atoms with Crippen LogP contribution in [0.4, 0.5) is 5.82 Å². The summed E-state index contributed by atoms with van der Waals surface area (Å²) in [5.41, 5.74) is 4.73. The third-order valence-electron chi connectivity index (χ3n) is 2.44. The highest BCUT2D eigenvalue weighted by atomic mass is 32.1. The zero-order valence-electron chi connectivity index (χ0n) is 9.21. The van der Waals surface area contributed by atoms with Crippen LogP contribution in [-0.2, 0) is 0 Å². The third kappa shape index (κ3) is 2.14. The van der Waals surface area contributed by atoms with Crippen LogP contribution in [0.5, 0.6) is 0 Å². The summed E-state index contributed by atoms with van der Waals surface area (Å²) in [4.78, 5) is 29.2. The highest BCUT2D eigenvalue weighted by Crippen LogP contribution is 2.23. The maximum atomic E-state index is 11.8. The topological polar surface area (TPSA) is 93.8 Å². The molecule has 0 bridgehead atoms. The van der Waals surface area contributed by atoms with E-state index >= 15 is 0 Å². The smallest absolute Gasteiger partial charge is 0.330 e. The summed E-state index contributed by atoms with van der Waals surface area (Å²) < 4.78 is 1.36. The molecule has 2 aromatic heterocycles. The Hall–Kier alpha value is -1.89. The summed E-state index contributed by atoms with van der Waals surface area (Å²) in [6, 6.07) is 0.969. The first-order valence-corrected chi connectivity index (χ1v) is 6.02. The van der Waals surface area contributed by atoms with Gasteiger partial charge in [-0.2, -0.15) is 0 Å². The molecule has 0 saturated heterocycles. The molecule has 1 atom stereocenters. The van der Waals surface area contributed by atoms with E-state index in [1.807, 2.05) is 12.3 Å². The van der Waals surface area contributed by atoms with Crippen molar-refractivity contribution in [1.82, 2.24) is 14.5 Å². The van der Waals surface area contributed by atoms with Gasteiger partial charge in [0.2, 0.25) is 0 Å². The van der Waals surface area contributed by atoms with E-state index in [0.717, 1.165) is 5.01 Å². The summed E-state index contributed by atoms with van der Waals surface area (Å²) in [7, 11) is 0. The summed E-state index contributed by atoms with van der Waals surface area (Å²) in [6.07, 6.45) is 2.35. The molecule has 0 radical (unpaired) electrons. The SMILES string of the molecule is CCC(c1nccs1)n1c(N)cc(=O)[nH]c1=O. The minimum atomic E-state index is -0.503. The molecule has 0 fully saturated rings. The van der Waals surface area contributed by atoms with Crippen molar-refractivity contribution >= 4 is 17.2 Å². The largest absolute Gasteiger partial charge is 0.385 e. The maximum absolute atomic E-state index is 11.8. The molecule has 2 heterocycles. The summed E-state index contributed by atoms with van der Waals surface area (Å²) in [5, 5.41) is 2.64. The first kappa shape index (κ1) is 11.6. The number of rotatable bonds is 3. The monoisotopic (exact) mass is 252 g/mol. The maximum Gasteiger partial charge on any atom is 0.330 e. The molecular weight excluding hydrogens is 240 g/mol. The van der Waals surface area contributed by atoms with E-state index in [0.29, 0.717) is 6.42 Å². The minimum Gasteiger partial charge on any atom is -0.385 e. The molecule has 17 heavy (non-hydrogen) atoms. The highest BCUT2D eigenvalue weighted by molar-refractivity contribution is 7.09. The van der Waals surface area contributed by atoms with Crippen molar-refractivity contribution in [2.24, 2.45) is 0 Å². The molecule has 7 heteroatoms. The van der Waals surface area contributed by atoms with Gasteiger partial charge in [0.15, 0.2) is 0 Å². The number of nitrogens with one attached hydrogen (secondary N) is 1. The zero-order valence-corrected chi connectivity index (χ0v) is 10.0. The number of hydrogen-bond acceptors (Lipinski definition) is 5. The zero-order chi connectivity index (χ0) is 12.4. The van der Waals surface area contributed by atoms with E-state index in [1.54, 1.807) is 6.20 Å². The molecule has 0 spiro atoms. The van der Waals surface area contributed by atoms with Crippen LogP contribution in [-0.4, -0.2) is 14.5 Å². The van der Waals surface area contributed by atoms with E-state index in [2.05, 4.69) is 9.97 Å². The van der Waals surface area contributed by atoms with Gasteiger partial charge < -0.3 is 5.73 Å². The fourth-order valence-corrected chi connectivity index (χ4v) is 2.52. The molecule has 0 aliphatic heterocycles. The summed E-state index contributed by atoms with van der Waals surface area (Å²) >= 11 is 1.45. The van der Waals surface area contributed by atoms with Gasteiger partial charge >= 0.3 is 5.69 Å². The van der Waals surface area contributed by atoms with Crippen molar-refractivity contribution in [3.05, 3.63) is 43.5 Å². The Morgan fingerprint density at radius 3 is 2.88 bits per heavy atom. The van der Waals surface area contributed by atoms with Crippen LogP contribution in [0, 0.1) is 0 Å². The molecule has 2 rings (SSSR count). The Bertz CT molecular complexity index is 614. The van der Waals surface area contributed by atoms with Crippen LogP contribution >= 0.6 is 11.3 Å². The molecule has 3 N–H and O–H groups in total. The van der Waals surface area contributed by atoms with E-state index in [-0.39, 0.29) is 11.9 Å². The van der Waals surface area contributed by atoms with Gasteiger partial charge in [-0.3, -0.25) is 14.3 Å². The van der Waals surface area contributed by atoms with Crippen molar-refractivity contribution in [2.45, 2.75) is 19.4 Å². The van der Waals surface area contributed by atoms with Crippen molar-refractivity contribution in [2.75, 3.05) is 5.73 Å². The normalized spacial score (nSPS) is 12.5. The van der Waals surface area contributed by atoms with Gasteiger partial charge in [0.25, 0.3) is 5.56 Å². The number of aromatic nitrogens is 3. The molecule has 90 valence electrons. The number of aromatic amines is 1. The average Bonchev–Trinajstić information content (AvgIpc) is 2.76. The number of nitrogens with zero attached hydrogens (tertiary/aromatic N) is 2. The number of thiazole rings is 1. The van der Waals surface area contributed by atoms with E-state index < -0.39 is 11.2 Å². The first-order valence-electron chi connectivity index (χ1n) is 5.14. The van der Waals surface area contributed by atoms with Gasteiger partial charge in [-0.05, 0) is 6.42 Å². The van der Waals surface area contributed by atoms with Crippen molar-refractivity contribution < 1.29 is 0 Å². The average molecular weight is 252 g/mol. The molecule has 0 aliphatic carbocycles. The van der Waals surface area contributed by atoms with Crippen molar-refractivity contribution in [3.63, 3.8) is 0 Å². The van der Waals surface area contributed by atoms with Crippen LogP contribution in [0.15, 0.2) is 27.2 Å². The lowest BCUT2D eigenvalue weighted by Crippen LogP contribution is -2.34. The molecule has 0 aromatic carbocycles. The lowest BCUT2D eigenvalue weighted by atomic mass is 10.2. The number of hydrogen-bond donors (Lipinski definition) is 2. The lowest BCUT2D eigenvalue weighted by Gasteiger charge is -2.17. The molecule has 0 amide bonds. The van der Waals surface area contributed by atoms with Gasteiger partial charge in [0, 0.05) is 17.6 Å². The highest BCUT2D eigenvalue weighted by Gasteiger charge is 2.18. The van der Waals surface area contributed by atoms with Gasteiger partial charge in [-0.15, -0.1) is 11.3 Å². The fraction of sp³-hybridized carbons (Fsp3) is 0.300. The van der Waals surface area contributed by atoms with E-state index in [9.17, 15) is 9.59 Å². The second kappa shape index (κ2) is 4.54. The van der Waals surface area contributed by atoms with Gasteiger partial charge in [0.05, 0.1) is 6.04 Å². The van der Waals surface area contributed by atoms with Crippen LogP contribution in [0.25, 0.3) is 0 Å². The Labute approximate surface area is 101 Å². The molecule has 1 unspecified atom stereocenters.